The molecule has 9 nitrogen and oxygen atoms in total. The van der Waals surface area contributed by atoms with Gasteiger partial charge in [-0.2, -0.15) is 0 Å². The zero-order valence-electron chi connectivity index (χ0n) is 22.1. The zero-order chi connectivity index (χ0) is 26.6. The van der Waals surface area contributed by atoms with Crippen molar-refractivity contribution in [2.45, 2.75) is 89.2 Å². The molecule has 2 aliphatic carbocycles. The van der Waals surface area contributed by atoms with Crippen molar-refractivity contribution in [3.63, 3.8) is 0 Å². The van der Waals surface area contributed by atoms with E-state index in [1.165, 1.54) is 7.11 Å². The summed E-state index contributed by atoms with van der Waals surface area (Å²) >= 11 is 0. The van der Waals surface area contributed by atoms with Crippen LogP contribution in [0, 0.1) is 29.6 Å². The number of rotatable bonds is 4. The largest absolute Gasteiger partial charge is 0.457 e. The van der Waals surface area contributed by atoms with Gasteiger partial charge in [-0.25, -0.2) is 9.59 Å². The van der Waals surface area contributed by atoms with Gasteiger partial charge in [0.05, 0.1) is 23.9 Å². The predicted molar refractivity (Wildman–Crippen MR) is 132 cm³/mol. The van der Waals surface area contributed by atoms with Crippen molar-refractivity contribution < 1.29 is 38.7 Å². The number of hydrogen-bond donors (Lipinski definition) is 3. The Bertz CT molecular complexity index is 1040. The van der Waals surface area contributed by atoms with Crippen molar-refractivity contribution in [2.24, 2.45) is 29.6 Å². The van der Waals surface area contributed by atoms with Gasteiger partial charge >= 0.3 is 11.9 Å². The molecule has 1 spiro atoms. The van der Waals surface area contributed by atoms with Gasteiger partial charge in [-0.05, 0) is 62.7 Å². The molecule has 2 aliphatic heterocycles. The molecule has 37 heavy (non-hydrogen) atoms. The number of ether oxygens (including phenoxy) is 4. The number of methoxy groups -OCH3 is 1. The van der Waals surface area contributed by atoms with Crippen LogP contribution < -0.4 is 0 Å². The second kappa shape index (κ2) is 9.84. The molecule has 1 saturated heterocycles. The number of hydrogen-bond acceptors (Lipinski definition) is 8. The van der Waals surface area contributed by atoms with E-state index in [-0.39, 0.29) is 35.7 Å². The topological polar surface area (TPSA) is 127 Å². The van der Waals surface area contributed by atoms with Crippen LogP contribution in [0.15, 0.2) is 30.0 Å². The van der Waals surface area contributed by atoms with E-state index in [0.717, 1.165) is 18.4 Å². The Morgan fingerprint density at radius 3 is 2.70 bits per heavy atom. The first kappa shape index (κ1) is 26.4. The fraction of sp³-hybridized carbons (Fsp3) is 0.714. The van der Waals surface area contributed by atoms with Crippen LogP contribution in [0.2, 0.25) is 0 Å². The molecule has 204 valence electrons. The second-order valence-corrected chi connectivity index (χ2v) is 11.5. The smallest absolute Gasteiger partial charge is 0.355 e. The zero-order valence-corrected chi connectivity index (χ0v) is 22.1. The lowest BCUT2D eigenvalue weighted by molar-refractivity contribution is -0.173. The number of aliphatic hydroxyl groups excluding tert-OH is 2. The van der Waals surface area contributed by atoms with Gasteiger partial charge in [0.2, 0.25) is 0 Å². The van der Waals surface area contributed by atoms with E-state index in [1.807, 2.05) is 26.8 Å². The molecule has 1 aromatic heterocycles. The number of cyclic esters (lactones) is 1. The van der Waals surface area contributed by atoms with Crippen LogP contribution in [0.25, 0.3) is 0 Å². The van der Waals surface area contributed by atoms with Gasteiger partial charge in [0, 0.05) is 31.1 Å². The third-order valence-electron chi connectivity index (χ3n) is 9.40. The molecule has 0 amide bonds. The standard InChI is InChI=1S/C28H39NO8/c1-13-11-14(2)28-17(12-20(34-5)27(33)35-23(13)16(4)30)8-9-18-21(28)22(31)15(3)24(25(18)37-28)36-26(32)19-7-6-10-29-19/h6-7,10-11,13,15-18,20-25,29-31H,8-9,12H2,1-5H3/b14-11+/t13-,15-,16-,17-,18-,20+,21+,22-,23+,24-,25-,28+/m1/s1. The minimum Gasteiger partial charge on any atom is -0.457 e. The third-order valence-corrected chi connectivity index (χ3v) is 9.40. The quantitative estimate of drug-likeness (QED) is 0.411. The number of aromatic amines is 1. The SMILES string of the molecule is CO[C@H]1C[C@H]2CC[C@H]3[C@H]4O[C@]2(/C(C)=C/[C@@H](C)[C@@H]([C@@H](C)O)OC1=O)[C@@H]3[C@H](O)[C@@H](C)[C@H]4OC(=O)c1ccc[nH]1. The summed E-state index contributed by atoms with van der Waals surface area (Å²) in [4.78, 5) is 28.9. The van der Waals surface area contributed by atoms with Crippen LogP contribution in [0.1, 0.15) is 57.4 Å². The molecule has 3 heterocycles. The number of carbonyl (C=O) groups excluding carboxylic acids is 2. The van der Waals surface area contributed by atoms with Crippen LogP contribution in [-0.4, -0.2) is 76.5 Å². The molecule has 9 heteroatoms. The monoisotopic (exact) mass is 517 g/mol. The Balaban J connectivity index is 1.56. The van der Waals surface area contributed by atoms with E-state index in [9.17, 15) is 19.8 Å². The summed E-state index contributed by atoms with van der Waals surface area (Å²) in [5.41, 5.74) is 0.457. The summed E-state index contributed by atoms with van der Waals surface area (Å²) in [6.45, 7) is 7.43. The Morgan fingerprint density at radius 2 is 2.05 bits per heavy atom. The average molecular weight is 518 g/mol. The molecule has 4 aliphatic rings. The molecular weight excluding hydrogens is 478 g/mol. The normalized spacial score (nSPS) is 45.7. The number of aliphatic hydroxyl groups is 2. The van der Waals surface area contributed by atoms with Gasteiger partial charge in [-0.15, -0.1) is 0 Å². The summed E-state index contributed by atoms with van der Waals surface area (Å²) in [5.74, 6) is -1.92. The van der Waals surface area contributed by atoms with Crippen molar-refractivity contribution in [2.75, 3.05) is 7.11 Å². The maximum Gasteiger partial charge on any atom is 0.355 e. The lowest BCUT2D eigenvalue weighted by Gasteiger charge is -2.51. The van der Waals surface area contributed by atoms with E-state index in [1.54, 1.807) is 25.3 Å². The van der Waals surface area contributed by atoms with Crippen LogP contribution in [0.5, 0.6) is 0 Å². The number of H-pyrrole nitrogens is 1. The van der Waals surface area contributed by atoms with Gasteiger partial charge in [0.15, 0.2) is 6.10 Å². The van der Waals surface area contributed by atoms with Gasteiger partial charge in [0.25, 0.3) is 0 Å². The highest BCUT2D eigenvalue weighted by molar-refractivity contribution is 5.87. The highest BCUT2D eigenvalue weighted by atomic mass is 16.6. The lowest BCUT2D eigenvalue weighted by Crippen LogP contribution is -2.58. The molecule has 1 aromatic rings. The minimum atomic E-state index is -0.876. The maximum absolute atomic E-state index is 13.1. The number of esters is 2. The Hall–Kier alpha value is -2.20. The minimum absolute atomic E-state index is 0.00555. The first-order chi connectivity index (χ1) is 17.6. The van der Waals surface area contributed by atoms with E-state index >= 15 is 0 Å². The first-order valence-corrected chi connectivity index (χ1v) is 13.4. The van der Waals surface area contributed by atoms with Gasteiger partial charge in [-0.3, -0.25) is 0 Å². The van der Waals surface area contributed by atoms with E-state index in [2.05, 4.69) is 4.98 Å². The Labute approximate surface area is 217 Å². The fourth-order valence-corrected chi connectivity index (χ4v) is 7.68. The average Bonchev–Trinajstić information content (AvgIpc) is 3.46. The van der Waals surface area contributed by atoms with Crippen LogP contribution in [0.4, 0.5) is 0 Å². The number of aromatic nitrogens is 1. The molecule has 3 N–H and O–H groups in total. The molecule has 12 atom stereocenters. The molecular formula is C28H39NO8. The Kier molecular flexibility index (Phi) is 7.02. The molecule has 5 rings (SSSR count). The van der Waals surface area contributed by atoms with E-state index in [4.69, 9.17) is 18.9 Å². The highest BCUT2D eigenvalue weighted by Gasteiger charge is 2.70. The third kappa shape index (κ3) is 4.15. The number of nitrogens with one attached hydrogen (secondary N) is 1. The predicted octanol–water partition coefficient (Wildman–Crippen LogP) is 2.62. The van der Waals surface area contributed by atoms with Crippen molar-refractivity contribution >= 4 is 11.9 Å². The Morgan fingerprint density at radius 1 is 1.30 bits per heavy atom. The molecule has 0 aromatic carbocycles. The molecule has 0 radical (unpaired) electrons. The summed E-state index contributed by atoms with van der Waals surface area (Å²) in [5, 5.41) is 22.1. The van der Waals surface area contributed by atoms with Crippen molar-refractivity contribution in [3.8, 4) is 0 Å². The lowest BCUT2D eigenvalue weighted by atomic mass is 9.55. The number of carbonyl (C=O) groups is 2. The van der Waals surface area contributed by atoms with Crippen molar-refractivity contribution in [1.29, 1.82) is 0 Å². The van der Waals surface area contributed by atoms with E-state index < -0.39 is 48.1 Å². The van der Waals surface area contributed by atoms with E-state index in [0.29, 0.717) is 12.1 Å². The molecule has 0 unspecified atom stereocenters. The second-order valence-electron chi connectivity index (χ2n) is 11.5. The summed E-state index contributed by atoms with van der Waals surface area (Å²) in [6, 6.07) is 3.40. The van der Waals surface area contributed by atoms with Gasteiger partial charge in [0.1, 0.15) is 17.9 Å². The maximum atomic E-state index is 13.1. The first-order valence-electron chi connectivity index (χ1n) is 13.4. The van der Waals surface area contributed by atoms with Crippen LogP contribution >= 0.6 is 0 Å². The molecule has 2 saturated carbocycles. The highest BCUT2D eigenvalue weighted by Crippen LogP contribution is 2.63. The van der Waals surface area contributed by atoms with Crippen LogP contribution in [-0.2, 0) is 23.7 Å². The van der Waals surface area contributed by atoms with Gasteiger partial charge < -0.3 is 34.1 Å². The molecule has 3 fully saturated rings. The molecule has 4 bridgehead atoms. The van der Waals surface area contributed by atoms with Crippen molar-refractivity contribution in [1.82, 2.24) is 4.98 Å². The van der Waals surface area contributed by atoms with Gasteiger partial charge in [-0.1, -0.05) is 19.9 Å². The summed E-state index contributed by atoms with van der Waals surface area (Å²) in [7, 11) is 1.49. The fourth-order valence-electron chi connectivity index (χ4n) is 7.68. The summed E-state index contributed by atoms with van der Waals surface area (Å²) < 4.78 is 24.3. The van der Waals surface area contributed by atoms with Crippen molar-refractivity contribution in [3.05, 3.63) is 35.7 Å². The van der Waals surface area contributed by atoms with Crippen LogP contribution in [0.3, 0.4) is 0 Å². The summed E-state index contributed by atoms with van der Waals surface area (Å²) in [6.07, 6.45) is 1.42.